The minimum absolute atomic E-state index is 0.136. The average Bonchev–Trinajstić information content (AvgIpc) is 2.79. The number of hydrogen-bond acceptors (Lipinski definition) is 4. The molecule has 7 heteroatoms. The molecule has 0 aromatic carbocycles. The standard InChI is InChI=1S/C12H12F3N3S/c1-18(7-9-3-2-4-19-9)11-6-8(12(13,14)15)5-10(16)17-11/h2-6H,7H2,1H3,(H2,16,17). The molecule has 0 aliphatic rings. The van der Waals surface area contributed by atoms with Crippen molar-refractivity contribution in [2.75, 3.05) is 17.7 Å². The maximum absolute atomic E-state index is 12.7. The first-order chi connectivity index (χ1) is 8.86. The molecule has 19 heavy (non-hydrogen) atoms. The van der Waals surface area contributed by atoms with Crippen LogP contribution in [0.5, 0.6) is 0 Å². The third kappa shape index (κ3) is 3.37. The molecule has 0 aliphatic heterocycles. The van der Waals surface area contributed by atoms with Gasteiger partial charge < -0.3 is 10.6 Å². The molecule has 2 aromatic heterocycles. The maximum Gasteiger partial charge on any atom is 0.416 e. The second-order valence-corrected chi connectivity index (χ2v) is 5.10. The van der Waals surface area contributed by atoms with Crippen LogP contribution in [0, 0.1) is 0 Å². The van der Waals surface area contributed by atoms with Crippen molar-refractivity contribution in [3.63, 3.8) is 0 Å². The van der Waals surface area contributed by atoms with Crippen molar-refractivity contribution in [3.05, 3.63) is 40.1 Å². The Bertz CT molecular complexity index is 552. The summed E-state index contributed by atoms with van der Waals surface area (Å²) in [6.07, 6.45) is -4.42. The Morgan fingerprint density at radius 3 is 2.68 bits per heavy atom. The minimum atomic E-state index is -4.42. The van der Waals surface area contributed by atoms with Crippen molar-refractivity contribution >= 4 is 23.0 Å². The van der Waals surface area contributed by atoms with Crippen LogP contribution in [0.2, 0.25) is 0 Å². The molecule has 102 valence electrons. The zero-order chi connectivity index (χ0) is 14.0. The van der Waals surface area contributed by atoms with Crippen molar-refractivity contribution in [2.24, 2.45) is 0 Å². The number of halogens is 3. The predicted octanol–water partition coefficient (Wildman–Crippen LogP) is 3.38. The van der Waals surface area contributed by atoms with Gasteiger partial charge in [0, 0.05) is 11.9 Å². The smallest absolute Gasteiger partial charge is 0.384 e. The summed E-state index contributed by atoms with van der Waals surface area (Å²) in [4.78, 5) is 6.61. The molecule has 0 amide bonds. The second-order valence-electron chi connectivity index (χ2n) is 4.07. The van der Waals surface area contributed by atoms with E-state index in [4.69, 9.17) is 5.73 Å². The zero-order valence-corrected chi connectivity index (χ0v) is 10.9. The lowest BCUT2D eigenvalue weighted by Crippen LogP contribution is -2.19. The van der Waals surface area contributed by atoms with E-state index < -0.39 is 11.7 Å². The van der Waals surface area contributed by atoms with Crippen LogP contribution in [0.25, 0.3) is 0 Å². The van der Waals surface area contributed by atoms with E-state index in [1.807, 2.05) is 17.5 Å². The lowest BCUT2D eigenvalue weighted by atomic mass is 10.2. The topological polar surface area (TPSA) is 42.1 Å². The van der Waals surface area contributed by atoms with Gasteiger partial charge >= 0.3 is 6.18 Å². The molecule has 2 rings (SSSR count). The Morgan fingerprint density at radius 2 is 2.11 bits per heavy atom. The molecule has 2 aromatic rings. The first-order valence-corrected chi connectivity index (χ1v) is 6.32. The summed E-state index contributed by atoms with van der Waals surface area (Å²) in [5.41, 5.74) is 4.65. The highest BCUT2D eigenvalue weighted by Gasteiger charge is 2.31. The average molecular weight is 287 g/mol. The fourth-order valence-electron chi connectivity index (χ4n) is 1.61. The van der Waals surface area contributed by atoms with Crippen LogP contribution in [-0.2, 0) is 12.7 Å². The summed E-state index contributed by atoms with van der Waals surface area (Å²) in [5.74, 6) is 0.0728. The third-order valence-electron chi connectivity index (χ3n) is 2.52. The second kappa shape index (κ2) is 5.08. The number of aromatic nitrogens is 1. The fourth-order valence-corrected chi connectivity index (χ4v) is 2.37. The summed E-state index contributed by atoms with van der Waals surface area (Å²) < 4.78 is 38.1. The molecule has 0 bridgehead atoms. The number of nitrogen functional groups attached to an aromatic ring is 1. The number of alkyl halides is 3. The van der Waals surface area contributed by atoms with Crippen molar-refractivity contribution in [1.29, 1.82) is 0 Å². The Kier molecular flexibility index (Phi) is 3.66. The van der Waals surface area contributed by atoms with Gasteiger partial charge in [-0.2, -0.15) is 13.2 Å². The highest BCUT2D eigenvalue weighted by molar-refractivity contribution is 7.09. The van der Waals surface area contributed by atoms with Crippen LogP contribution in [0.3, 0.4) is 0 Å². The number of anilines is 2. The molecule has 0 saturated carbocycles. The molecule has 0 aliphatic carbocycles. The van der Waals surface area contributed by atoms with Crippen molar-refractivity contribution in [1.82, 2.24) is 4.98 Å². The van der Waals surface area contributed by atoms with Gasteiger partial charge in [0.25, 0.3) is 0 Å². The lowest BCUT2D eigenvalue weighted by molar-refractivity contribution is -0.137. The molecule has 0 saturated heterocycles. The minimum Gasteiger partial charge on any atom is -0.384 e. The van der Waals surface area contributed by atoms with Crippen LogP contribution < -0.4 is 10.6 Å². The van der Waals surface area contributed by atoms with E-state index in [1.54, 1.807) is 11.9 Å². The van der Waals surface area contributed by atoms with Gasteiger partial charge in [-0.3, -0.25) is 0 Å². The molecular weight excluding hydrogens is 275 g/mol. The van der Waals surface area contributed by atoms with E-state index >= 15 is 0 Å². The van der Waals surface area contributed by atoms with E-state index in [0.717, 1.165) is 17.0 Å². The predicted molar refractivity (Wildman–Crippen MR) is 70.1 cm³/mol. The Morgan fingerprint density at radius 1 is 1.37 bits per heavy atom. The highest BCUT2D eigenvalue weighted by Crippen LogP contribution is 2.32. The van der Waals surface area contributed by atoms with E-state index in [9.17, 15) is 13.2 Å². The number of rotatable bonds is 3. The van der Waals surface area contributed by atoms with Crippen molar-refractivity contribution in [3.8, 4) is 0 Å². The van der Waals surface area contributed by atoms with Gasteiger partial charge in [0.05, 0.1) is 12.1 Å². The number of nitrogens with two attached hydrogens (primary N) is 1. The largest absolute Gasteiger partial charge is 0.416 e. The normalized spacial score (nSPS) is 11.6. The van der Waals surface area contributed by atoms with Crippen molar-refractivity contribution in [2.45, 2.75) is 12.7 Å². The van der Waals surface area contributed by atoms with Crippen LogP contribution in [-0.4, -0.2) is 12.0 Å². The van der Waals surface area contributed by atoms with Crippen molar-refractivity contribution < 1.29 is 13.2 Å². The summed E-state index contributed by atoms with van der Waals surface area (Å²) in [7, 11) is 1.68. The van der Waals surface area contributed by atoms with Gasteiger partial charge in [-0.05, 0) is 23.6 Å². The number of pyridine rings is 1. The SMILES string of the molecule is CN(Cc1cccs1)c1cc(C(F)(F)F)cc(N)n1. The van der Waals surface area contributed by atoms with Gasteiger partial charge in [0.2, 0.25) is 0 Å². The molecule has 0 radical (unpaired) electrons. The maximum atomic E-state index is 12.7. The first kappa shape index (κ1) is 13.7. The van der Waals surface area contributed by atoms with E-state index in [2.05, 4.69) is 4.98 Å². The number of hydrogen-bond donors (Lipinski definition) is 1. The van der Waals surface area contributed by atoms with E-state index in [1.165, 1.54) is 11.3 Å². The molecule has 0 fully saturated rings. The van der Waals surface area contributed by atoms with Crippen LogP contribution in [0.1, 0.15) is 10.4 Å². The number of thiophene rings is 1. The zero-order valence-electron chi connectivity index (χ0n) is 10.1. The Balaban J connectivity index is 2.26. The fraction of sp³-hybridized carbons (Fsp3) is 0.250. The monoisotopic (exact) mass is 287 g/mol. The Labute approximate surface area is 112 Å². The summed E-state index contributed by atoms with van der Waals surface area (Å²) in [6.45, 7) is 0.491. The molecule has 2 heterocycles. The van der Waals surface area contributed by atoms with Crippen LogP contribution in [0.15, 0.2) is 29.6 Å². The summed E-state index contributed by atoms with van der Waals surface area (Å²) in [6, 6.07) is 5.65. The third-order valence-corrected chi connectivity index (χ3v) is 3.38. The summed E-state index contributed by atoms with van der Waals surface area (Å²) >= 11 is 1.54. The van der Waals surface area contributed by atoms with Gasteiger partial charge in [-0.1, -0.05) is 6.07 Å². The summed E-state index contributed by atoms with van der Waals surface area (Å²) in [5, 5.41) is 1.91. The highest BCUT2D eigenvalue weighted by atomic mass is 32.1. The molecule has 3 nitrogen and oxygen atoms in total. The lowest BCUT2D eigenvalue weighted by Gasteiger charge is -2.19. The van der Waals surface area contributed by atoms with Gasteiger partial charge in [0.15, 0.2) is 0 Å². The van der Waals surface area contributed by atoms with Gasteiger partial charge in [-0.25, -0.2) is 4.98 Å². The Hall–Kier alpha value is -1.76. The molecular formula is C12H12F3N3S. The first-order valence-electron chi connectivity index (χ1n) is 5.44. The van der Waals surface area contributed by atoms with Crippen LogP contribution in [0.4, 0.5) is 24.8 Å². The van der Waals surface area contributed by atoms with E-state index in [0.29, 0.717) is 6.54 Å². The van der Waals surface area contributed by atoms with Gasteiger partial charge in [0.1, 0.15) is 11.6 Å². The molecule has 0 unspecified atom stereocenters. The molecule has 0 spiro atoms. The quantitative estimate of drug-likeness (QED) is 0.941. The van der Waals surface area contributed by atoms with Crippen LogP contribution >= 0.6 is 11.3 Å². The number of nitrogens with zero attached hydrogens (tertiary/aromatic N) is 2. The van der Waals surface area contributed by atoms with Gasteiger partial charge in [-0.15, -0.1) is 11.3 Å². The molecule has 0 atom stereocenters. The van der Waals surface area contributed by atoms with E-state index in [-0.39, 0.29) is 11.6 Å². The molecule has 2 N–H and O–H groups in total.